The average Bonchev–Trinajstić information content (AvgIpc) is 2.34. The maximum Gasteiger partial charge on any atom is 0.301 e. The molecule has 0 spiro atoms. The van der Waals surface area contributed by atoms with Crippen molar-refractivity contribution in [1.82, 2.24) is 4.31 Å². The largest absolute Gasteiger partial charge is 0.481 e. The number of hydrogen-bond donors (Lipinski definition) is 2. The molecular formula is C11H24BClN2O4S. The highest BCUT2D eigenvalue weighted by Gasteiger charge is 2.42. The lowest BCUT2D eigenvalue weighted by molar-refractivity contribution is -0.143. The molecule has 1 unspecified atom stereocenters. The third-order valence-electron chi connectivity index (χ3n) is 4.25. The lowest BCUT2D eigenvalue weighted by Gasteiger charge is -2.39. The van der Waals surface area contributed by atoms with Crippen molar-refractivity contribution in [3.63, 3.8) is 0 Å². The fourth-order valence-electron chi connectivity index (χ4n) is 2.78. The quantitative estimate of drug-likeness (QED) is 0.689. The summed E-state index contributed by atoms with van der Waals surface area (Å²) < 4.78 is 23.7. The van der Waals surface area contributed by atoms with E-state index in [1.807, 2.05) is 6.92 Å². The summed E-state index contributed by atoms with van der Waals surface area (Å²) in [5, 5.41) is 13.8. The minimum absolute atomic E-state index is 0. The van der Waals surface area contributed by atoms with Crippen LogP contribution in [0.25, 0.3) is 0 Å². The van der Waals surface area contributed by atoms with Gasteiger partial charge in [-0.1, -0.05) is 19.8 Å². The maximum absolute atomic E-state index is 11.5. The number of rotatable bonds is 6. The molecule has 1 saturated heterocycles. The van der Waals surface area contributed by atoms with Gasteiger partial charge in [-0.05, 0) is 25.2 Å². The van der Waals surface area contributed by atoms with Crippen LogP contribution >= 0.6 is 12.4 Å². The Hall–Kier alpha value is -0.305. The van der Waals surface area contributed by atoms with Crippen molar-refractivity contribution in [2.24, 2.45) is 11.1 Å². The number of hydrogen-bond acceptors (Lipinski definition) is 3. The van der Waals surface area contributed by atoms with Crippen LogP contribution in [-0.4, -0.2) is 44.7 Å². The predicted octanol–water partition coefficient (Wildman–Crippen LogP) is 0.390. The fourth-order valence-corrected chi connectivity index (χ4v) is 3.50. The predicted molar refractivity (Wildman–Crippen MR) is 83.1 cm³/mol. The van der Waals surface area contributed by atoms with Gasteiger partial charge < -0.3 is 5.11 Å². The van der Waals surface area contributed by atoms with Crippen LogP contribution in [0.1, 0.15) is 39.0 Å². The molecule has 1 aliphatic rings. The van der Waals surface area contributed by atoms with Gasteiger partial charge in [0.1, 0.15) is 7.85 Å². The van der Waals surface area contributed by atoms with Gasteiger partial charge >= 0.3 is 5.97 Å². The second-order valence-corrected chi connectivity index (χ2v) is 7.09. The average molecular weight is 327 g/mol. The van der Waals surface area contributed by atoms with Gasteiger partial charge in [0.15, 0.2) is 0 Å². The molecule has 1 atom stereocenters. The van der Waals surface area contributed by atoms with Gasteiger partial charge in [-0.2, -0.15) is 12.7 Å². The monoisotopic (exact) mass is 326 g/mol. The summed E-state index contributed by atoms with van der Waals surface area (Å²) in [7, 11) is -1.87. The highest BCUT2D eigenvalue weighted by Crippen LogP contribution is 2.43. The number of halogens is 1. The van der Waals surface area contributed by atoms with Gasteiger partial charge in [0.05, 0.1) is 0 Å². The van der Waals surface area contributed by atoms with E-state index in [1.54, 1.807) is 7.85 Å². The number of nitrogens with two attached hydrogens (primary N) is 1. The third-order valence-corrected chi connectivity index (χ3v) is 5.34. The Morgan fingerprint density at radius 2 is 1.95 bits per heavy atom. The standard InChI is InChI=1S/C11H23BN2O4S.ClH/c1-2-3-6-11(12,10(15)16)9-4-7-14(8-5-9)19(13,17)18;/h9H,2-8,12H2,1H3,(H,15,16)(H2,13,17,18);1H. The number of carboxylic acid groups (broad SMARTS) is 1. The summed E-state index contributed by atoms with van der Waals surface area (Å²) in [6, 6.07) is 0. The lowest BCUT2D eigenvalue weighted by Crippen LogP contribution is -2.46. The first-order valence-electron chi connectivity index (χ1n) is 6.73. The van der Waals surface area contributed by atoms with Crippen LogP contribution in [0, 0.1) is 5.92 Å². The Bertz CT molecular complexity index is 426. The summed E-state index contributed by atoms with van der Waals surface area (Å²) in [5.74, 6) is -0.774. The van der Waals surface area contributed by atoms with E-state index in [1.165, 1.54) is 4.31 Å². The van der Waals surface area contributed by atoms with E-state index >= 15 is 0 Å². The Morgan fingerprint density at radius 3 is 2.30 bits per heavy atom. The Labute approximate surface area is 128 Å². The smallest absolute Gasteiger partial charge is 0.301 e. The summed E-state index contributed by atoms with van der Waals surface area (Å²) in [6.45, 7) is 2.67. The van der Waals surface area contributed by atoms with Crippen molar-refractivity contribution in [3.05, 3.63) is 0 Å². The summed E-state index contributed by atoms with van der Waals surface area (Å²) in [5.41, 5.74) is 0. The van der Waals surface area contributed by atoms with Crippen LogP contribution in [0.4, 0.5) is 0 Å². The first-order valence-corrected chi connectivity index (χ1v) is 8.23. The van der Waals surface area contributed by atoms with Gasteiger partial charge in [-0.3, -0.25) is 4.79 Å². The van der Waals surface area contributed by atoms with Crippen LogP contribution in [0.3, 0.4) is 0 Å². The molecule has 118 valence electrons. The van der Waals surface area contributed by atoms with E-state index in [-0.39, 0.29) is 18.3 Å². The van der Waals surface area contributed by atoms with E-state index in [0.29, 0.717) is 32.4 Å². The van der Waals surface area contributed by atoms with Crippen molar-refractivity contribution >= 4 is 36.4 Å². The number of carbonyl (C=O) groups is 1. The van der Waals surface area contributed by atoms with Crippen LogP contribution in [0.5, 0.6) is 0 Å². The minimum Gasteiger partial charge on any atom is -0.481 e. The van der Waals surface area contributed by atoms with Crippen molar-refractivity contribution in [3.8, 4) is 0 Å². The number of aliphatic carboxylic acids is 1. The van der Waals surface area contributed by atoms with Gasteiger partial charge in [0, 0.05) is 18.4 Å². The molecule has 0 aromatic heterocycles. The normalized spacial score (nSPS) is 20.9. The lowest BCUT2D eigenvalue weighted by atomic mass is 9.56. The number of carboxylic acids is 1. The molecule has 1 aliphatic heterocycles. The van der Waals surface area contributed by atoms with Crippen molar-refractivity contribution < 1.29 is 18.3 Å². The SMILES string of the molecule is BC(CCCC)(C(=O)O)C1CCN(S(N)(=O)=O)CC1.Cl. The zero-order valence-corrected chi connectivity index (χ0v) is 13.7. The molecular weight excluding hydrogens is 302 g/mol. The van der Waals surface area contributed by atoms with Gasteiger partial charge in [-0.25, -0.2) is 5.14 Å². The molecule has 0 radical (unpaired) electrons. The summed E-state index contributed by atoms with van der Waals surface area (Å²) >= 11 is 0. The second-order valence-electron chi connectivity index (χ2n) is 5.54. The second kappa shape index (κ2) is 7.63. The molecule has 0 aromatic carbocycles. The van der Waals surface area contributed by atoms with Gasteiger partial charge in [-0.15, -0.1) is 12.4 Å². The molecule has 1 fully saturated rings. The maximum atomic E-state index is 11.5. The molecule has 1 rings (SSSR count). The third kappa shape index (κ3) is 4.61. The Balaban J connectivity index is 0.00000361. The van der Waals surface area contributed by atoms with E-state index in [4.69, 9.17) is 5.14 Å². The van der Waals surface area contributed by atoms with Crippen molar-refractivity contribution in [1.29, 1.82) is 0 Å². The topological polar surface area (TPSA) is 101 Å². The fraction of sp³-hybridized carbons (Fsp3) is 0.909. The molecule has 0 bridgehead atoms. The molecule has 0 aromatic rings. The van der Waals surface area contributed by atoms with Crippen LogP contribution in [-0.2, 0) is 15.0 Å². The summed E-state index contributed by atoms with van der Waals surface area (Å²) in [4.78, 5) is 11.5. The van der Waals surface area contributed by atoms with Crippen LogP contribution < -0.4 is 5.14 Å². The molecule has 0 amide bonds. The van der Waals surface area contributed by atoms with Crippen molar-refractivity contribution in [2.75, 3.05) is 13.1 Å². The Morgan fingerprint density at radius 1 is 1.45 bits per heavy atom. The molecule has 0 aliphatic carbocycles. The van der Waals surface area contributed by atoms with Gasteiger partial charge in [0.2, 0.25) is 0 Å². The van der Waals surface area contributed by atoms with E-state index in [2.05, 4.69) is 0 Å². The first kappa shape index (κ1) is 19.7. The van der Waals surface area contributed by atoms with Crippen LogP contribution in [0.15, 0.2) is 0 Å². The Kier molecular flexibility index (Phi) is 7.52. The highest BCUT2D eigenvalue weighted by molar-refractivity contribution is 7.86. The van der Waals surface area contributed by atoms with E-state index in [0.717, 1.165) is 12.8 Å². The van der Waals surface area contributed by atoms with Gasteiger partial charge in [0.25, 0.3) is 10.2 Å². The van der Waals surface area contributed by atoms with Crippen molar-refractivity contribution in [2.45, 2.75) is 44.3 Å². The molecule has 20 heavy (non-hydrogen) atoms. The van der Waals surface area contributed by atoms with E-state index < -0.39 is 21.5 Å². The van der Waals surface area contributed by atoms with E-state index in [9.17, 15) is 18.3 Å². The zero-order valence-electron chi connectivity index (χ0n) is 12.0. The number of unbranched alkanes of at least 4 members (excludes halogenated alkanes) is 1. The summed E-state index contributed by atoms with van der Waals surface area (Å²) in [6.07, 6.45) is 3.59. The molecule has 0 saturated carbocycles. The molecule has 1 heterocycles. The molecule has 9 heteroatoms. The first-order chi connectivity index (χ1) is 8.71. The number of piperidine rings is 1. The molecule has 3 N–H and O–H groups in total. The minimum atomic E-state index is -3.65. The van der Waals surface area contributed by atoms with Crippen LogP contribution in [0.2, 0.25) is 5.31 Å². The highest BCUT2D eigenvalue weighted by atomic mass is 35.5. The molecule has 6 nitrogen and oxygen atoms in total. The zero-order chi connectivity index (χ0) is 14.7. The number of nitrogens with zero attached hydrogens (tertiary/aromatic N) is 1.